The Morgan fingerprint density at radius 1 is 1.10 bits per heavy atom. The van der Waals surface area contributed by atoms with Crippen molar-refractivity contribution in [3.63, 3.8) is 0 Å². The van der Waals surface area contributed by atoms with E-state index in [9.17, 15) is 0 Å². The third kappa shape index (κ3) is 2.73. The molecule has 3 rings (SSSR count). The molecule has 0 aliphatic heterocycles. The lowest BCUT2D eigenvalue weighted by atomic mass is 9.69. The van der Waals surface area contributed by atoms with Crippen LogP contribution < -0.4 is 5.73 Å². The molecule has 1 aromatic heterocycles. The van der Waals surface area contributed by atoms with Crippen LogP contribution in [0.1, 0.15) is 82.8 Å². The molecule has 1 heterocycles. The number of hydrogen-bond donors (Lipinski definition) is 1. The Hall–Kier alpha value is -0.610. The van der Waals surface area contributed by atoms with Gasteiger partial charge in [0, 0.05) is 5.92 Å². The van der Waals surface area contributed by atoms with E-state index in [1.54, 1.807) is 0 Å². The minimum Gasteiger partial charge on any atom is -0.339 e. The molecule has 2 saturated carbocycles. The fraction of sp³-hybridized carbons (Fsp3) is 0.867. The monoisotopic (exact) mass is 299 g/mol. The van der Waals surface area contributed by atoms with E-state index in [-0.39, 0.29) is 23.4 Å². The summed E-state index contributed by atoms with van der Waals surface area (Å²) in [4.78, 5) is 4.68. The highest BCUT2D eigenvalue weighted by Gasteiger charge is 2.40. The van der Waals surface area contributed by atoms with Crippen molar-refractivity contribution in [1.82, 2.24) is 10.1 Å². The van der Waals surface area contributed by atoms with Gasteiger partial charge in [0.25, 0.3) is 0 Å². The number of nitrogens with two attached hydrogens (primary N) is 1. The van der Waals surface area contributed by atoms with Gasteiger partial charge in [-0.1, -0.05) is 44.7 Å². The van der Waals surface area contributed by atoms with Gasteiger partial charge < -0.3 is 10.3 Å². The third-order valence-electron chi connectivity index (χ3n) is 5.19. The van der Waals surface area contributed by atoms with Crippen LogP contribution in [-0.2, 0) is 5.54 Å². The van der Waals surface area contributed by atoms with Crippen LogP contribution in [-0.4, -0.2) is 10.1 Å². The van der Waals surface area contributed by atoms with Gasteiger partial charge in [0.1, 0.15) is 0 Å². The first-order valence-corrected chi connectivity index (χ1v) is 7.64. The quantitative estimate of drug-likeness (QED) is 0.899. The summed E-state index contributed by atoms with van der Waals surface area (Å²) in [6.45, 7) is 4.63. The van der Waals surface area contributed by atoms with Crippen LogP contribution in [0.5, 0.6) is 0 Å². The summed E-state index contributed by atoms with van der Waals surface area (Å²) < 4.78 is 5.58. The highest BCUT2D eigenvalue weighted by Crippen LogP contribution is 2.46. The minimum absolute atomic E-state index is 0. The Labute approximate surface area is 127 Å². The SMILES string of the molecule is CC1(C)CCCCC1c1nc(C2(N)CCCC2)no1.Cl. The largest absolute Gasteiger partial charge is 0.339 e. The molecule has 5 heteroatoms. The first kappa shape index (κ1) is 15.8. The first-order chi connectivity index (χ1) is 9.01. The summed E-state index contributed by atoms with van der Waals surface area (Å²) in [5.74, 6) is 1.95. The predicted molar refractivity (Wildman–Crippen MR) is 80.9 cm³/mol. The van der Waals surface area contributed by atoms with Gasteiger partial charge in [0.05, 0.1) is 5.54 Å². The van der Waals surface area contributed by atoms with Gasteiger partial charge in [-0.05, 0) is 31.1 Å². The van der Waals surface area contributed by atoms with Crippen LogP contribution in [0.4, 0.5) is 0 Å². The predicted octanol–water partition coefficient (Wildman–Crippen LogP) is 3.90. The minimum atomic E-state index is -0.333. The first-order valence-electron chi connectivity index (χ1n) is 7.64. The molecule has 2 aliphatic carbocycles. The molecule has 0 aromatic carbocycles. The Bertz CT molecular complexity index is 452. The van der Waals surface area contributed by atoms with E-state index in [4.69, 9.17) is 10.3 Å². The zero-order valence-corrected chi connectivity index (χ0v) is 13.3. The van der Waals surface area contributed by atoms with Crippen molar-refractivity contribution < 1.29 is 4.52 Å². The highest BCUT2D eigenvalue weighted by atomic mass is 35.5. The molecular formula is C15H26ClN3O. The van der Waals surface area contributed by atoms with Crippen molar-refractivity contribution in [2.45, 2.75) is 76.7 Å². The summed E-state index contributed by atoms with van der Waals surface area (Å²) >= 11 is 0. The van der Waals surface area contributed by atoms with Crippen LogP contribution >= 0.6 is 12.4 Å². The lowest BCUT2D eigenvalue weighted by Gasteiger charge is -2.36. The average molecular weight is 300 g/mol. The molecule has 2 fully saturated rings. The number of nitrogens with zero attached hydrogens (tertiary/aromatic N) is 2. The zero-order chi connectivity index (χ0) is 13.5. The number of aromatic nitrogens is 2. The van der Waals surface area contributed by atoms with Gasteiger partial charge >= 0.3 is 0 Å². The van der Waals surface area contributed by atoms with Crippen molar-refractivity contribution in [2.75, 3.05) is 0 Å². The third-order valence-corrected chi connectivity index (χ3v) is 5.19. The Morgan fingerprint density at radius 2 is 1.75 bits per heavy atom. The molecule has 0 bridgehead atoms. The highest BCUT2D eigenvalue weighted by molar-refractivity contribution is 5.85. The molecule has 2 aliphatic rings. The topological polar surface area (TPSA) is 64.9 Å². The van der Waals surface area contributed by atoms with Crippen molar-refractivity contribution in [2.24, 2.45) is 11.1 Å². The fourth-order valence-electron chi connectivity index (χ4n) is 3.76. The number of hydrogen-bond acceptors (Lipinski definition) is 4. The van der Waals surface area contributed by atoms with Crippen LogP contribution in [0.15, 0.2) is 4.52 Å². The van der Waals surface area contributed by atoms with Crippen LogP contribution in [0.25, 0.3) is 0 Å². The fourth-order valence-corrected chi connectivity index (χ4v) is 3.76. The van der Waals surface area contributed by atoms with Crippen LogP contribution in [0, 0.1) is 5.41 Å². The molecule has 1 atom stereocenters. The van der Waals surface area contributed by atoms with E-state index in [1.165, 1.54) is 32.1 Å². The lowest BCUT2D eigenvalue weighted by Crippen LogP contribution is -2.34. The van der Waals surface area contributed by atoms with E-state index in [0.717, 1.165) is 31.0 Å². The van der Waals surface area contributed by atoms with E-state index >= 15 is 0 Å². The van der Waals surface area contributed by atoms with Gasteiger partial charge in [0.2, 0.25) is 5.89 Å². The molecule has 1 unspecified atom stereocenters. The summed E-state index contributed by atoms with van der Waals surface area (Å²) in [5, 5.41) is 4.20. The second-order valence-electron chi connectivity index (χ2n) is 7.11. The summed E-state index contributed by atoms with van der Waals surface area (Å²) in [7, 11) is 0. The van der Waals surface area contributed by atoms with E-state index < -0.39 is 0 Å². The summed E-state index contributed by atoms with van der Waals surface area (Å²) in [6.07, 6.45) is 9.30. The maximum absolute atomic E-state index is 6.41. The van der Waals surface area contributed by atoms with Gasteiger partial charge in [-0.2, -0.15) is 4.98 Å². The molecule has 0 spiro atoms. The van der Waals surface area contributed by atoms with Gasteiger partial charge in [-0.25, -0.2) is 0 Å². The smallest absolute Gasteiger partial charge is 0.230 e. The van der Waals surface area contributed by atoms with Crippen LogP contribution in [0.3, 0.4) is 0 Å². The maximum Gasteiger partial charge on any atom is 0.230 e. The van der Waals surface area contributed by atoms with E-state index in [2.05, 4.69) is 24.0 Å². The van der Waals surface area contributed by atoms with Gasteiger partial charge in [0.15, 0.2) is 5.82 Å². The molecule has 20 heavy (non-hydrogen) atoms. The zero-order valence-electron chi connectivity index (χ0n) is 12.5. The van der Waals surface area contributed by atoms with Gasteiger partial charge in [-0.15, -0.1) is 12.4 Å². The number of rotatable bonds is 2. The molecular weight excluding hydrogens is 274 g/mol. The van der Waals surface area contributed by atoms with E-state index in [0.29, 0.717) is 5.92 Å². The van der Waals surface area contributed by atoms with Gasteiger partial charge in [-0.3, -0.25) is 0 Å². The summed E-state index contributed by atoms with van der Waals surface area (Å²) in [5.41, 5.74) is 6.34. The normalized spacial score (nSPS) is 28.1. The van der Waals surface area contributed by atoms with E-state index in [1.807, 2.05) is 0 Å². The Morgan fingerprint density at radius 3 is 2.40 bits per heavy atom. The Balaban J connectivity index is 0.00000147. The van der Waals surface area contributed by atoms with Crippen molar-refractivity contribution in [3.8, 4) is 0 Å². The maximum atomic E-state index is 6.41. The standard InChI is InChI=1S/C15H25N3O.ClH/c1-14(2)8-4-3-7-11(14)12-17-13(18-19-12)15(16)9-5-6-10-15;/h11H,3-10,16H2,1-2H3;1H. The molecule has 0 amide bonds. The molecule has 2 N–H and O–H groups in total. The molecule has 0 saturated heterocycles. The molecule has 1 aromatic rings. The van der Waals surface area contributed by atoms with Crippen LogP contribution in [0.2, 0.25) is 0 Å². The molecule has 4 nitrogen and oxygen atoms in total. The Kier molecular flexibility index (Phi) is 4.45. The second kappa shape index (κ2) is 5.64. The number of halogens is 1. The van der Waals surface area contributed by atoms with Crippen molar-refractivity contribution in [1.29, 1.82) is 0 Å². The molecule has 0 radical (unpaired) electrons. The second-order valence-corrected chi connectivity index (χ2v) is 7.11. The van der Waals surface area contributed by atoms with Crippen molar-refractivity contribution >= 4 is 12.4 Å². The lowest BCUT2D eigenvalue weighted by molar-refractivity contribution is 0.164. The van der Waals surface area contributed by atoms with Crippen molar-refractivity contribution in [3.05, 3.63) is 11.7 Å². The summed E-state index contributed by atoms with van der Waals surface area (Å²) in [6, 6.07) is 0. The average Bonchev–Trinajstić information content (AvgIpc) is 2.98. The molecule has 114 valence electrons.